The Bertz CT molecular complexity index is 978. The summed E-state index contributed by atoms with van der Waals surface area (Å²) in [6.07, 6.45) is 6.78. The lowest BCUT2D eigenvalue weighted by atomic mass is 10.1. The summed E-state index contributed by atoms with van der Waals surface area (Å²) >= 11 is 1.47. The number of benzene rings is 1. The quantitative estimate of drug-likeness (QED) is 0.511. The first-order chi connectivity index (χ1) is 13.1. The monoisotopic (exact) mass is 381 g/mol. The third kappa shape index (κ3) is 3.69. The molecule has 6 nitrogen and oxygen atoms in total. The van der Waals surface area contributed by atoms with Crippen molar-refractivity contribution in [1.82, 2.24) is 24.6 Å². The van der Waals surface area contributed by atoms with Crippen LogP contribution in [0.5, 0.6) is 0 Å². The SMILES string of the molecule is Cc1ccc(-n2ncc3c(SCC(=O)N4CCCCC4)ncnc32)cc1C. The first-order valence-corrected chi connectivity index (χ1v) is 10.3. The van der Waals surface area contributed by atoms with Crippen LogP contribution in [0.15, 0.2) is 35.7 Å². The standard InChI is InChI=1S/C20H23N5OS/c1-14-6-7-16(10-15(14)2)25-19-17(11-23-25)20(22-13-21-19)27-12-18(26)24-8-4-3-5-9-24/h6-7,10-11,13H,3-5,8-9,12H2,1-2H3. The molecule has 2 aromatic heterocycles. The van der Waals surface area contributed by atoms with Gasteiger partial charge in [-0.2, -0.15) is 5.10 Å². The number of amides is 1. The number of aromatic nitrogens is 4. The smallest absolute Gasteiger partial charge is 0.232 e. The van der Waals surface area contributed by atoms with Gasteiger partial charge in [0, 0.05) is 13.1 Å². The van der Waals surface area contributed by atoms with Crippen molar-refractivity contribution in [1.29, 1.82) is 0 Å². The van der Waals surface area contributed by atoms with Gasteiger partial charge in [-0.15, -0.1) is 0 Å². The van der Waals surface area contributed by atoms with E-state index < -0.39 is 0 Å². The van der Waals surface area contributed by atoms with Crippen LogP contribution in [-0.4, -0.2) is 49.4 Å². The van der Waals surface area contributed by atoms with E-state index in [9.17, 15) is 4.79 Å². The number of piperidine rings is 1. The maximum absolute atomic E-state index is 12.4. The van der Waals surface area contributed by atoms with E-state index in [1.165, 1.54) is 29.3 Å². The summed E-state index contributed by atoms with van der Waals surface area (Å²) in [5, 5.41) is 6.21. The van der Waals surface area contributed by atoms with Crippen molar-refractivity contribution in [2.45, 2.75) is 38.1 Å². The van der Waals surface area contributed by atoms with Gasteiger partial charge in [-0.3, -0.25) is 4.79 Å². The zero-order chi connectivity index (χ0) is 18.8. The van der Waals surface area contributed by atoms with E-state index in [0.29, 0.717) is 5.75 Å². The maximum Gasteiger partial charge on any atom is 0.232 e. The molecule has 1 fully saturated rings. The number of rotatable bonds is 4. The van der Waals surface area contributed by atoms with E-state index in [-0.39, 0.29) is 5.91 Å². The minimum atomic E-state index is 0.188. The molecule has 0 N–H and O–H groups in total. The fourth-order valence-electron chi connectivity index (χ4n) is 3.35. The molecule has 1 saturated heterocycles. The highest BCUT2D eigenvalue weighted by molar-refractivity contribution is 8.00. The van der Waals surface area contributed by atoms with Crippen molar-refractivity contribution in [2.24, 2.45) is 0 Å². The van der Waals surface area contributed by atoms with E-state index in [0.717, 1.165) is 47.7 Å². The predicted molar refractivity (Wildman–Crippen MR) is 107 cm³/mol. The van der Waals surface area contributed by atoms with Crippen LogP contribution in [0.4, 0.5) is 0 Å². The Morgan fingerprint density at radius 3 is 2.70 bits per heavy atom. The molecule has 0 saturated carbocycles. The largest absolute Gasteiger partial charge is 0.342 e. The molecule has 0 radical (unpaired) electrons. The number of thioether (sulfide) groups is 1. The van der Waals surface area contributed by atoms with E-state index in [1.54, 1.807) is 12.5 Å². The van der Waals surface area contributed by atoms with Gasteiger partial charge >= 0.3 is 0 Å². The number of likely N-dealkylation sites (tertiary alicyclic amines) is 1. The van der Waals surface area contributed by atoms with Gasteiger partial charge in [0.25, 0.3) is 0 Å². The lowest BCUT2D eigenvalue weighted by Crippen LogP contribution is -2.36. The Kier molecular flexibility index (Phi) is 5.11. The molecule has 140 valence electrons. The average molecular weight is 382 g/mol. The van der Waals surface area contributed by atoms with Crippen LogP contribution in [0.1, 0.15) is 30.4 Å². The number of hydrogen-bond donors (Lipinski definition) is 0. The topological polar surface area (TPSA) is 63.9 Å². The summed E-state index contributed by atoms with van der Waals surface area (Å²) < 4.78 is 1.83. The Morgan fingerprint density at radius 2 is 1.93 bits per heavy atom. The Labute approximate surface area is 163 Å². The number of aryl methyl sites for hydroxylation is 2. The minimum absolute atomic E-state index is 0.188. The van der Waals surface area contributed by atoms with Gasteiger partial charge in [-0.25, -0.2) is 14.6 Å². The first-order valence-electron chi connectivity index (χ1n) is 9.30. The Hall–Kier alpha value is -2.41. The molecule has 1 aliphatic rings. The molecule has 0 unspecified atom stereocenters. The summed E-state index contributed by atoms with van der Waals surface area (Å²) in [5.41, 5.74) is 4.21. The average Bonchev–Trinajstić information content (AvgIpc) is 3.13. The summed E-state index contributed by atoms with van der Waals surface area (Å²) in [7, 11) is 0. The van der Waals surface area contributed by atoms with Gasteiger partial charge in [-0.1, -0.05) is 17.8 Å². The van der Waals surface area contributed by atoms with Crippen molar-refractivity contribution in [3.8, 4) is 5.69 Å². The third-order valence-corrected chi connectivity index (χ3v) is 6.10. The number of fused-ring (bicyclic) bond motifs is 1. The number of carbonyl (C=O) groups is 1. The third-order valence-electron chi connectivity index (χ3n) is 5.11. The van der Waals surface area contributed by atoms with E-state index in [1.807, 2.05) is 15.6 Å². The van der Waals surface area contributed by atoms with Crippen LogP contribution in [0, 0.1) is 13.8 Å². The maximum atomic E-state index is 12.4. The van der Waals surface area contributed by atoms with Crippen molar-refractivity contribution in [2.75, 3.05) is 18.8 Å². The normalized spacial score (nSPS) is 14.7. The highest BCUT2D eigenvalue weighted by Gasteiger charge is 2.18. The molecule has 4 rings (SSSR count). The molecule has 0 spiro atoms. The first kappa shape index (κ1) is 18.0. The summed E-state index contributed by atoms with van der Waals surface area (Å²) in [5.74, 6) is 0.592. The van der Waals surface area contributed by atoms with Gasteiger partial charge < -0.3 is 4.90 Å². The molecule has 3 heterocycles. The van der Waals surface area contributed by atoms with Crippen LogP contribution in [0.25, 0.3) is 16.7 Å². The molecular formula is C20H23N5OS. The molecule has 1 aliphatic heterocycles. The van der Waals surface area contributed by atoms with E-state index >= 15 is 0 Å². The fraction of sp³-hybridized carbons (Fsp3) is 0.400. The summed E-state index contributed by atoms with van der Waals surface area (Å²) in [6.45, 7) is 5.94. The highest BCUT2D eigenvalue weighted by Crippen LogP contribution is 2.26. The lowest BCUT2D eigenvalue weighted by molar-refractivity contribution is -0.129. The number of nitrogens with zero attached hydrogens (tertiary/aromatic N) is 5. The second-order valence-corrected chi connectivity index (χ2v) is 7.94. The lowest BCUT2D eigenvalue weighted by Gasteiger charge is -2.26. The molecular weight excluding hydrogens is 358 g/mol. The Balaban J connectivity index is 1.57. The van der Waals surface area contributed by atoms with Crippen molar-refractivity contribution in [3.63, 3.8) is 0 Å². The minimum Gasteiger partial charge on any atom is -0.342 e. The zero-order valence-corrected chi connectivity index (χ0v) is 16.5. The summed E-state index contributed by atoms with van der Waals surface area (Å²) in [4.78, 5) is 23.2. The van der Waals surface area contributed by atoms with Crippen LogP contribution in [0.3, 0.4) is 0 Å². The molecule has 7 heteroatoms. The highest BCUT2D eigenvalue weighted by atomic mass is 32.2. The predicted octanol–water partition coefficient (Wildman–Crippen LogP) is 3.54. The van der Waals surface area contributed by atoms with E-state index in [2.05, 4.69) is 41.0 Å². The molecule has 27 heavy (non-hydrogen) atoms. The van der Waals surface area contributed by atoms with Crippen LogP contribution in [-0.2, 0) is 4.79 Å². The Morgan fingerprint density at radius 1 is 1.11 bits per heavy atom. The van der Waals surface area contributed by atoms with Gasteiger partial charge in [0.1, 0.15) is 11.4 Å². The molecule has 1 amide bonds. The van der Waals surface area contributed by atoms with Crippen molar-refractivity contribution < 1.29 is 4.79 Å². The van der Waals surface area contributed by atoms with Gasteiger partial charge in [0.05, 0.1) is 23.0 Å². The second kappa shape index (κ2) is 7.68. The molecule has 0 bridgehead atoms. The summed E-state index contributed by atoms with van der Waals surface area (Å²) in [6, 6.07) is 6.24. The van der Waals surface area contributed by atoms with Gasteiger partial charge in [-0.05, 0) is 56.4 Å². The van der Waals surface area contributed by atoms with E-state index in [4.69, 9.17) is 0 Å². The van der Waals surface area contributed by atoms with Gasteiger partial charge in [0.15, 0.2) is 5.65 Å². The molecule has 1 aromatic carbocycles. The number of hydrogen-bond acceptors (Lipinski definition) is 5. The van der Waals surface area contributed by atoms with Crippen molar-refractivity contribution in [3.05, 3.63) is 41.9 Å². The molecule has 0 atom stereocenters. The van der Waals surface area contributed by atoms with Gasteiger partial charge in [0.2, 0.25) is 5.91 Å². The molecule has 3 aromatic rings. The second-order valence-electron chi connectivity index (χ2n) is 6.97. The van der Waals surface area contributed by atoms with Crippen LogP contribution in [0.2, 0.25) is 0 Å². The fourth-order valence-corrected chi connectivity index (χ4v) is 4.21. The number of carbonyl (C=O) groups excluding carboxylic acids is 1. The van der Waals surface area contributed by atoms with Crippen molar-refractivity contribution >= 4 is 28.7 Å². The van der Waals surface area contributed by atoms with Crippen LogP contribution < -0.4 is 0 Å². The van der Waals surface area contributed by atoms with Crippen LogP contribution >= 0.6 is 11.8 Å². The zero-order valence-electron chi connectivity index (χ0n) is 15.7. The molecule has 0 aliphatic carbocycles.